The summed E-state index contributed by atoms with van der Waals surface area (Å²) in [4.78, 5) is 24.2. The molecule has 2 N–H and O–H groups in total. The fourth-order valence-corrected chi connectivity index (χ4v) is 2.70. The monoisotopic (exact) mass is 384 g/mol. The fraction of sp³-hybridized carbons (Fsp3) is 0.176. The van der Waals surface area contributed by atoms with Crippen LogP contribution in [0.1, 0.15) is 6.42 Å². The van der Waals surface area contributed by atoms with Crippen LogP contribution in [0.5, 0.6) is 0 Å². The van der Waals surface area contributed by atoms with Gasteiger partial charge in [-0.1, -0.05) is 23.2 Å². The van der Waals surface area contributed by atoms with Gasteiger partial charge in [-0.3, -0.25) is 9.59 Å². The molecule has 0 aliphatic heterocycles. The van der Waals surface area contributed by atoms with Gasteiger partial charge >= 0.3 is 0 Å². The van der Waals surface area contributed by atoms with Crippen molar-refractivity contribution in [1.82, 2.24) is 0 Å². The molecule has 2 aromatic rings. The van der Waals surface area contributed by atoms with Crippen molar-refractivity contribution in [2.75, 3.05) is 10.6 Å². The third kappa shape index (κ3) is 4.08. The summed E-state index contributed by atoms with van der Waals surface area (Å²) in [6.07, 6.45) is 0.349. The third-order valence-electron chi connectivity index (χ3n) is 3.84. The Kier molecular flexibility index (Phi) is 4.92. The summed E-state index contributed by atoms with van der Waals surface area (Å²) in [5.41, 5.74) is 0.344. The zero-order valence-electron chi connectivity index (χ0n) is 12.7. The van der Waals surface area contributed by atoms with Gasteiger partial charge in [-0.15, -0.1) is 0 Å². The Balaban J connectivity index is 1.58. The van der Waals surface area contributed by atoms with Crippen LogP contribution in [-0.2, 0) is 9.59 Å². The maximum Gasteiger partial charge on any atom is 0.228 e. The number of hydrogen-bond donors (Lipinski definition) is 2. The topological polar surface area (TPSA) is 58.2 Å². The Bertz CT molecular complexity index is 861. The summed E-state index contributed by atoms with van der Waals surface area (Å²) in [7, 11) is 0. The molecule has 1 fully saturated rings. The average Bonchev–Trinajstić information content (AvgIpc) is 3.34. The first-order valence-electron chi connectivity index (χ1n) is 7.37. The Labute approximate surface area is 152 Å². The highest BCUT2D eigenvalue weighted by Gasteiger charge is 2.48. The number of anilines is 2. The minimum atomic E-state index is -0.870. The van der Waals surface area contributed by atoms with E-state index >= 15 is 0 Å². The molecule has 1 aliphatic rings. The lowest BCUT2D eigenvalue weighted by atomic mass is 10.2. The third-order valence-corrected chi connectivity index (χ3v) is 4.58. The van der Waals surface area contributed by atoms with E-state index in [0.29, 0.717) is 28.2 Å². The molecule has 8 heteroatoms. The molecule has 2 aromatic carbocycles. The van der Waals surface area contributed by atoms with Crippen LogP contribution in [-0.4, -0.2) is 11.8 Å². The molecule has 0 heterocycles. The molecule has 0 aromatic heterocycles. The van der Waals surface area contributed by atoms with Crippen LogP contribution in [0.3, 0.4) is 0 Å². The molecule has 4 nitrogen and oxygen atoms in total. The molecular formula is C17H12Cl2F2N2O2. The van der Waals surface area contributed by atoms with Crippen LogP contribution in [0.25, 0.3) is 0 Å². The second-order valence-corrected chi connectivity index (χ2v) is 6.49. The van der Waals surface area contributed by atoms with Crippen LogP contribution in [0, 0.1) is 23.5 Å². The SMILES string of the molecule is O=C(Nc1ccc(Cl)c(Cl)c1)C1CC1C(=O)Nc1ccc(F)cc1F. The summed E-state index contributed by atoms with van der Waals surface area (Å²) >= 11 is 11.7. The first-order valence-corrected chi connectivity index (χ1v) is 8.12. The van der Waals surface area contributed by atoms with Gasteiger partial charge in [0.05, 0.1) is 27.6 Å². The highest BCUT2D eigenvalue weighted by atomic mass is 35.5. The van der Waals surface area contributed by atoms with Gasteiger partial charge in [-0.05, 0) is 36.8 Å². The van der Waals surface area contributed by atoms with Crippen LogP contribution in [0.15, 0.2) is 36.4 Å². The highest BCUT2D eigenvalue weighted by Crippen LogP contribution is 2.40. The van der Waals surface area contributed by atoms with Gasteiger partial charge in [0.2, 0.25) is 11.8 Å². The number of nitrogens with one attached hydrogen (secondary N) is 2. The fourth-order valence-electron chi connectivity index (χ4n) is 2.40. The maximum atomic E-state index is 13.6. The molecular weight excluding hydrogens is 373 g/mol. The summed E-state index contributed by atoms with van der Waals surface area (Å²) in [5.74, 6) is -3.50. The molecule has 0 saturated heterocycles. The van der Waals surface area contributed by atoms with Crippen LogP contribution >= 0.6 is 23.2 Å². The molecule has 1 aliphatic carbocycles. The highest BCUT2D eigenvalue weighted by molar-refractivity contribution is 6.42. The van der Waals surface area contributed by atoms with E-state index in [0.717, 1.165) is 12.1 Å². The standard InChI is InChI=1S/C17H12Cl2F2N2O2/c18-12-3-2-9(6-13(12)19)22-16(24)10-7-11(10)17(25)23-15-4-1-8(20)5-14(15)21/h1-6,10-11H,7H2,(H,22,24)(H,23,25). The largest absolute Gasteiger partial charge is 0.326 e. The van der Waals surface area contributed by atoms with Gasteiger partial charge in [0, 0.05) is 11.8 Å². The summed E-state index contributed by atoms with van der Waals surface area (Å²) < 4.78 is 26.4. The van der Waals surface area contributed by atoms with Gasteiger partial charge < -0.3 is 10.6 Å². The second kappa shape index (κ2) is 6.98. The van der Waals surface area contributed by atoms with Crippen LogP contribution in [0.4, 0.5) is 20.2 Å². The molecule has 2 unspecified atom stereocenters. The number of carbonyl (C=O) groups excluding carboxylic acids is 2. The lowest BCUT2D eigenvalue weighted by molar-refractivity contribution is -0.122. The van der Waals surface area contributed by atoms with Gasteiger partial charge in [0.1, 0.15) is 11.6 Å². The lowest BCUT2D eigenvalue weighted by Gasteiger charge is -2.07. The van der Waals surface area contributed by atoms with Crippen LogP contribution in [0.2, 0.25) is 10.0 Å². The van der Waals surface area contributed by atoms with E-state index in [9.17, 15) is 18.4 Å². The molecule has 2 amide bonds. The Morgan fingerprint density at radius 2 is 1.60 bits per heavy atom. The zero-order valence-corrected chi connectivity index (χ0v) is 14.2. The first kappa shape index (κ1) is 17.6. The molecule has 0 bridgehead atoms. The molecule has 0 radical (unpaired) electrons. The van der Waals surface area contributed by atoms with Crippen molar-refractivity contribution in [2.45, 2.75) is 6.42 Å². The van der Waals surface area contributed by atoms with Gasteiger partial charge in [-0.25, -0.2) is 8.78 Å². The van der Waals surface area contributed by atoms with Crippen molar-refractivity contribution in [2.24, 2.45) is 11.8 Å². The minimum Gasteiger partial charge on any atom is -0.326 e. The van der Waals surface area contributed by atoms with E-state index in [2.05, 4.69) is 10.6 Å². The Morgan fingerprint density at radius 3 is 2.24 bits per heavy atom. The Hall–Kier alpha value is -2.18. The second-order valence-electron chi connectivity index (χ2n) is 5.68. The predicted octanol–water partition coefficient (Wildman–Crippen LogP) is 4.48. The molecule has 1 saturated carbocycles. The maximum absolute atomic E-state index is 13.6. The smallest absolute Gasteiger partial charge is 0.228 e. The molecule has 3 rings (SSSR count). The van der Waals surface area contributed by atoms with Crippen molar-refractivity contribution in [3.05, 3.63) is 58.1 Å². The first-order chi connectivity index (χ1) is 11.8. The lowest BCUT2D eigenvalue weighted by Crippen LogP contribution is -2.21. The van der Waals surface area contributed by atoms with E-state index < -0.39 is 29.4 Å². The normalized spacial score (nSPS) is 18.6. The minimum absolute atomic E-state index is 0.123. The van der Waals surface area contributed by atoms with Gasteiger partial charge in [-0.2, -0.15) is 0 Å². The van der Waals surface area contributed by atoms with Crippen LogP contribution < -0.4 is 10.6 Å². The molecule has 2 atom stereocenters. The number of rotatable bonds is 4. The molecule has 25 heavy (non-hydrogen) atoms. The van der Waals surface area contributed by atoms with E-state index in [1.165, 1.54) is 6.07 Å². The van der Waals surface area contributed by atoms with Crippen molar-refractivity contribution >= 4 is 46.4 Å². The van der Waals surface area contributed by atoms with Crippen molar-refractivity contribution < 1.29 is 18.4 Å². The quantitative estimate of drug-likeness (QED) is 0.815. The zero-order chi connectivity index (χ0) is 18.1. The predicted molar refractivity (Wildman–Crippen MR) is 91.7 cm³/mol. The number of halogens is 4. The number of benzene rings is 2. The van der Waals surface area contributed by atoms with E-state index in [4.69, 9.17) is 23.2 Å². The summed E-state index contributed by atoms with van der Waals surface area (Å²) in [6, 6.07) is 7.51. The van der Waals surface area contributed by atoms with Gasteiger partial charge in [0.25, 0.3) is 0 Å². The summed E-state index contributed by atoms with van der Waals surface area (Å²) in [5, 5.41) is 5.69. The van der Waals surface area contributed by atoms with E-state index in [1.807, 2.05) is 0 Å². The average molecular weight is 385 g/mol. The van der Waals surface area contributed by atoms with Crippen molar-refractivity contribution in [3.8, 4) is 0 Å². The Morgan fingerprint density at radius 1 is 0.920 bits per heavy atom. The number of carbonyl (C=O) groups is 2. The van der Waals surface area contributed by atoms with E-state index in [1.54, 1.807) is 12.1 Å². The summed E-state index contributed by atoms with van der Waals surface area (Å²) in [6.45, 7) is 0. The van der Waals surface area contributed by atoms with Gasteiger partial charge in [0.15, 0.2) is 0 Å². The van der Waals surface area contributed by atoms with Crippen molar-refractivity contribution in [3.63, 3.8) is 0 Å². The van der Waals surface area contributed by atoms with E-state index in [-0.39, 0.29) is 11.6 Å². The number of amides is 2. The van der Waals surface area contributed by atoms with Crippen molar-refractivity contribution in [1.29, 1.82) is 0 Å². The molecule has 0 spiro atoms. The molecule has 130 valence electrons. The number of hydrogen-bond acceptors (Lipinski definition) is 2.